The lowest BCUT2D eigenvalue weighted by Crippen LogP contribution is -2.13. The van der Waals surface area contributed by atoms with Gasteiger partial charge in [0.05, 0.1) is 0 Å². The molecular formula is C11H15BrN2O2. The first-order valence-corrected chi connectivity index (χ1v) is 6.36. The third kappa shape index (κ3) is 2.00. The normalized spacial score (nSPS) is 17.6. The average molecular weight is 287 g/mol. The maximum Gasteiger partial charge on any atom is 0.355 e. The SMILES string of the molecule is Cn1c(C2CCCCC2)nc(Br)c1C(=O)O. The topological polar surface area (TPSA) is 55.1 Å². The summed E-state index contributed by atoms with van der Waals surface area (Å²) >= 11 is 3.22. The monoisotopic (exact) mass is 286 g/mol. The summed E-state index contributed by atoms with van der Waals surface area (Å²) in [5.41, 5.74) is 0.251. The smallest absolute Gasteiger partial charge is 0.355 e. The molecule has 2 rings (SSSR count). The van der Waals surface area contributed by atoms with Crippen LogP contribution in [0.1, 0.15) is 54.3 Å². The Kier molecular flexibility index (Phi) is 3.33. The highest BCUT2D eigenvalue weighted by Crippen LogP contribution is 2.33. The molecular weight excluding hydrogens is 272 g/mol. The zero-order valence-corrected chi connectivity index (χ0v) is 10.8. The number of rotatable bonds is 2. The highest BCUT2D eigenvalue weighted by Gasteiger charge is 2.25. The predicted molar refractivity (Wildman–Crippen MR) is 63.7 cm³/mol. The van der Waals surface area contributed by atoms with Crippen molar-refractivity contribution in [2.75, 3.05) is 0 Å². The van der Waals surface area contributed by atoms with Gasteiger partial charge in [0, 0.05) is 13.0 Å². The lowest BCUT2D eigenvalue weighted by Gasteiger charge is -2.21. The number of hydrogen-bond acceptors (Lipinski definition) is 2. The molecule has 1 aliphatic rings. The summed E-state index contributed by atoms with van der Waals surface area (Å²) in [6.07, 6.45) is 5.97. The highest BCUT2D eigenvalue weighted by molar-refractivity contribution is 9.10. The molecule has 1 fully saturated rings. The Bertz CT molecular complexity index is 408. The Balaban J connectivity index is 2.34. The number of halogens is 1. The zero-order valence-electron chi connectivity index (χ0n) is 9.24. The van der Waals surface area contributed by atoms with Gasteiger partial charge in [-0.2, -0.15) is 0 Å². The van der Waals surface area contributed by atoms with Crippen LogP contribution in [0.3, 0.4) is 0 Å². The van der Waals surface area contributed by atoms with E-state index in [1.54, 1.807) is 11.6 Å². The van der Waals surface area contributed by atoms with Gasteiger partial charge in [-0.1, -0.05) is 19.3 Å². The van der Waals surface area contributed by atoms with E-state index >= 15 is 0 Å². The van der Waals surface area contributed by atoms with Gasteiger partial charge >= 0.3 is 5.97 Å². The molecule has 0 radical (unpaired) electrons. The van der Waals surface area contributed by atoms with Crippen molar-refractivity contribution in [1.82, 2.24) is 9.55 Å². The van der Waals surface area contributed by atoms with Gasteiger partial charge in [-0.25, -0.2) is 9.78 Å². The minimum atomic E-state index is -0.927. The summed E-state index contributed by atoms with van der Waals surface area (Å²) in [6.45, 7) is 0. The Morgan fingerprint density at radius 2 is 2.06 bits per heavy atom. The van der Waals surface area contributed by atoms with Gasteiger partial charge in [-0.3, -0.25) is 0 Å². The van der Waals surface area contributed by atoms with E-state index in [1.165, 1.54) is 19.3 Å². The fourth-order valence-corrected chi connectivity index (χ4v) is 3.06. The standard InChI is InChI=1S/C11H15BrN2O2/c1-14-8(11(15)16)9(12)13-10(14)7-5-3-2-4-6-7/h7H,2-6H2,1H3,(H,15,16). The summed E-state index contributed by atoms with van der Waals surface area (Å²) in [4.78, 5) is 15.4. The van der Waals surface area contributed by atoms with Gasteiger partial charge in [-0.05, 0) is 28.8 Å². The third-order valence-electron chi connectivity index (χ3n) is 3.26. The quantitative estimate of drug-likeness (QED) is 0.909. The van der Waals surface area contributed by atoms with Gasteiger partial charge < -0.3 is 9.67 Å². The van der Waals surface area contributed by atoms with Crippen molar-refractivity contribution in [2.24, 2.45) is 7.05 Å². The number of carbonyl (C=O) groups is 1. The van der Waals surface area contributed by atoms with Crippen molar-refractivity contribution in [3.63, 3.8) is 0 Å². The van der Waals surface area contributed by atoms with Gasteiger partial charge in [0.1, 0.15) is 10.4 Å². The van der Waals surface area contributed by atoms with E-state index < -0.39 is 5.97 Å². The molecule has 0 aliphatic heterocycles. The molecule has 0 aromatic carbocycles. The van der Waals surface area contributed by atoms with Crippen molar-refractivity contribution >= 4 is 21.9 Å². The second-order valence-electron chi connectivity index (χ2n) is 4.31. The molecule has 5 heteroatoms. The van der Waals surface area contributed by atoms with E-state index in [9.17, 15) is 4.79 Å². The maximum atomic E-state index is 11.0. The molecule has 0 saturated heterocycles. The molecule has 1 aromatic heterocycles. The number of aromatic nitrogens is 2. The van der Waals surface area contributed by atoms with Crippen molar-refractivity contribution < 1.29 is 9.90 Å². The first-order chi connectivity index (χ1) is 7.61. The fraction of sp³-hybridized carbons (Fsp3) is 0.636. The number of carboxylic acid groups (broad SMARTS) is 1. The van der Waals surface area contributed by atoms with Crippen molar-refractivity contribution in [3.8, 4) is 0 Å². The van der Waals surface area contributed by atoms with Crippen LogP contribution in [-0.2, 0) is 7.05 Å². The van der Waals surface area contributed by atoms with Crippen molar-refractivity contribution in [2.45, 2.75) is 38.0 Å². The first kappa shape index (κ1) is 11.6. The second kappa shape index (κ2) is 4.57. The molecule has 0 bridgehead atoms. The molecule has 16 heavy (non-hydrogen) atoms. The molecule has 1 aliphatic carbocycles. The molecule has 4 nitrogen and oxygen atoms in total. The van der Waals surface area contributed by atoms with Crippen LogP contribution in [-0.4, -0.2) is 20.6 Å². The van der Waals surface area contributed by atoms with Crippen molar-refractivity contribution in [1.29, 1.82) is 0 Å². The van der Waals surface area contributed by atoms with Crippen LogP contribution in [0.25, 0.3) is 0 Å². The van der Waals surface area contributed by atoms with Gasteiger partial charge in [0.15, 0.2) is 5.69 Å². The number of hydrogen-bond donors (Lipinski definition) is 1. The van der Waals surface area contributed by atoms with Crippen LogP contribution in [0.5, 0.6) is 0 Å². The number of carboxylic acids is 1. The summed E-state index contributed by atoms with van der Waals surface area (Å²) in [7, 11) is 1.78. The van der Waals surface area contributed by atoms with Crippen LogP contribution in [0.15, 0.2) is 4.60 Å². The molecule has 88 valence electrons. The maximum absolute atomic E-state index is 11.0. The van der Waals surface area contributed by atoms with Crippen LogP contribution in [0.4, 0.5) is 0 Å². The third-order valence-corrected chi connectivity index (χ3v) is 3.81. The summed E-state index contributed by atoms with van der Waals surface area (Å²) < 4.78 is 2.16. The second-order valence-corrected chi connectivity index (χ2v) is 5.06. The number of aromatic carboxylic acids is 1. The molecule has 1 saturated carbocycles. The highest BCUT2D eigenvalue weighted by atomic mass is 79.9. The minimum absolute atomic E-state index is 0.251. The number of nitrogens with zero attached hydrogens (tertiary/aromatic N) is 2. The molecule has 1 aromatic rings. The molecule has 1 heterocycles. The first-order valence-electron chi connectivity index (χ1n) is 5.56. The lowest BCUT2D eigenvalue weighted by atomic mass is 9.89. The zero-order chi connectivity index (χ0) is 11.7. The van der Waals surface area contributed by atoms with Gasteiger partial charge in [0.25, 0.3) is 0 Å². The van der Waals surface area contributed by atoms with E-state index in [0.717, 1.165) is 18.7 Å². The molecule has 0 unspecified atom stereocenters. The van der Waals surface area contributed by atoms with E-state index in [-0.39, 0.29) is 5.69 Å². The Labute approximate surface area is 103 Å². The van der Waals surface area contributed by atoms with E-state index in [4.69, 9.17) is 5.11 Å². The van der Waals surface area contributed by atoms with Gasteiger partial charge in [0.2, 0.25) is 0 Å². The van der Waals surface area contributed by atoms with Crippen LogP contribution < -0.4 is 0 Å². The molecule has 0 atom stereocenters. The van der Waals surface area contributed by atoms with E-state index in [1.807, 2.05) is 0 Å². The number of imidazole rings is 1. The Morgan fingerprint density at radius 3 is 2.56 bits per heavy atom. The summed E-state index contributed by atoms with van der Waals surface area (Å²) in [5.74, 6) is 0.399. The van der Waals surface area contributed by atoms with E-state index in [0.29, 0.717) is 10.5 Å². The predicted octanol–water partition coefficient (Wildman–Crippen LogP) is 2.93. The summed E-state index contributed by atoms with van der Waals surface area (Å²) in [5, 5.41) is 9.07. The van der Waals surface area contributed by atoms with Crippen molar-refractivity contribution in [3.05, 3.63) is 16.1 Å². The largest absolute Gasteiger partial charge is 0.476 e. The molecule has 0 spiro atoms. The van der Waals surface area contributed by atoms with Crippen LogP contribution in [0.2, 0.25) is 0 Å². The van der Waals surface area contributed by atoms with Crippen LogP contribution in [0, 0.1) is 0 Å². The Hall–Kier alpha value is -0.840. The van der Waals surface area contributed by atoms with E-state index in [2.05, 4.69) is 20.9 Å². The summed E-state index contributed by atoms with van der Waals surface area (Å²) in [6, 6.07) is 0. The van der Waals surface area contributed by atoms with Gasteiger partial charge in [-0.15, -0.1) is 0 Å². The molecule has 1 N–H and O–H groups in total. The molecule has 0 amide bonds. The van der Waals surface area contributed by atoms with Crippen LogP contribution >= 0.6 is 15.9 Å². The fourth-order valence-electron chi connectivity index (χ4n) is 2.44. The Morgan fingerprint density at radius 1 is 1.44 bits per heavy atom. The lowest BCUT2D eigenvalue weighted by molar-refractivity contribution is 0.0685. The average Bonchev–Trinajstić information content (AvgIpc) is 2.55. The minimum Gasteiger partial charge on any atom is -0.476 e.